The summed E-state index contributed by atoms with van der Waals surface area (Å²) in [6, 6.07) is 16.6. The van der Waals surface area contributed by atoms with E-state index in [4.69, 9.17) is 4.74 Å². The zero-order valence-electron chi connectivity index (χ0n) is 13.4. The second-order valence-electron chi connectivity index (χ2n) is 5.86. The van der Waals surface area contributed by atoms with E-state index in [0.29, 0.717) is 18.7 Å². The first-order valence-corrected chi connectivity index (χ1v) is 7.89. The van der Waals surface area contributed by atoms with Crippen LogP contribution in [0, 0.1) is 0 Å². The molecule has 1 aliphatic heterocycles. The van der Waals surface area contributed by atoms with Crippen molar-refractivity contribution in [1.29, 1.82) is 0 Å². The van der Waals surface area contributed by atoms with Gasteiger partial charge in [0, 0.05) is 12.5 Å². The van der Waals surface area contributed by atoms with Gasteiger partial charge in [0.25, 0.3) is 5.91 Å². The summed E-state index contributed by atoms with van der Waals surface area (Å²) in [6.45, 7) is 0.324. The van der Waals surface area contributed by atoms with Crippen molar-refractivity contribution in [3.8, 4) is 5.75 Å². The smallest absolute Gasteiger partial charge is 0.315 e. The zero-order valence-corrected chi connectivity index (χ0v) is 13.4. The summed E-state index contributed by atoms with van der Waals surface area (Å²) in [5, 5.41) is 0. The largest absolute Gasteiger partial charge is 0.497 e. The standard InChI is InChI=1S/C19H19F2NO2/c1-24-15-9-5-8-14(12-15)17-16(13-6-3-2-4-7-13)10-11-22(17)19(23)18(20)21/h2-9,12,16-18H,10-11H2,1H3/t16-,17-/m1/s1. The number of nitrogens with zero attached hydrogens (tertiary/aromatic N) is 1. The number of hydrogen-bond donors (Lipinski definition) is 0. The molecule has 2 aromatic rings. The number of carbonyl (C=O) groups is 1. The van der Waals surface area contributed by atoms with Crippen molar-refractivity contribution in [2.45, 2.75) is 24.8 Å². The van der Waals surface area contributed by atoms with Gasteiger partial charge < -0.3 is 9.64 Å². The van der Waals surface area contributed by atoms with Crippen molar-refractivity contribution in [2.24, 2.45) is 0 Å². The Labute approximate surface area is 139 Å². The fourth-order valence-electron chi connectivity index (χ4n) is 3.45. The second-order valence-corrected chi connectivity index (χ2v) is 5.86. The van der Waals surface area contributed by atoms with Gasteiger partial charge in [0.05, 0.1) is 13.2 Å². The van der Waals surface area contributed by atoms with Crippen molar-refractivity contribution < 1.29 is 18.3 Å². The van der Waals surface area contributed by atoms with E-state index >= 15 is 0 Å². The van der Waals surface area contributed by atoms with Crippen molar-refractivity contribution in [2.75, 3.05) is 13.7 Å². The lowest BCUT2D eigenvalue weighted by Gasteiger charge is -2.29. The van der Waals surface area contributed by atoms with Crippen LogP contribution in [0.5, 0.6) is 5.75 Å². The first-order valence-electron chi connectivity index (χ1n) is 7.89. The lowest BCUT2D eigenvalue weighted by atomic mass is 9.87. The molecule has 5 heteroatoms. The highest BCUT2D eigenvalue weighted by Crippen LogP contribution is 2.44. The average molecular weight is 331 g/mol. The van der Waals surface area contributed by atoms with Crippen LogP contribution in [0.2, 0.25) is 0 Å². The van der Waals surface area contributed by atoms with Crippen molar-refractivity contribution in [3.05, 3.63) is 65.7 Å². The van der Waals surface area contributed by atoms with Crippen LogP contribution < -0.4 is 4.74 Å². The van der Waals surface area contributed by atoms with Crippen LogP contribution in [0.4, 0.5) is 8.78 Å². The first-order chi connectivity index (χ1) is 11.6. The molecule has 0 N–H and O–H groups in total. The van der Waals surface area contributed by atoms with E-state index in [1.807, 2.05) is 48.5 Å². The number of ether oxygens (including phenoxy) is 1. The number of halogens is 2. The Morgan fingerprint density at radius 1 is 1.12 bits per heavy atom. The third-order valence-electron chi connectivity index (χ3n) is 4.53. The molecular formula is C19H19F2NO2. The van der Waals surface area contributed by atoms with E-state index in [1.54, 1.807) is 13.2 Å². The molecule has 0 unspecified atom stereocenters. The normalized spacial score (nSPS) is 20.4. The van der Waals surface area contributed by atoms with E-state index in [0.717, 1.165) is 11.1 Å². The minimum absolute atomic E-state index is 0.0130. The summed E-state index contributed by atoms with van der Waals surface area (Å²) >= 11 is 0. The predicted octanol–water partition coefficient (Wildman–Crippen LogP) is 4.02. The number of amides is 1. The molecule has 1 amide bonds. The van der Waals surface area contributed by atoms with Gasteiger partial charge >= 0.3 is 6.43 Å². The zero-order chi connectivity index (χ0) is 17.1. The third kappa shape index (κ3) is 3.11. The topological polar surface area (TPSA) is 29.5 Å². The van der Waals surface area contributed by atoms with Gasteiger partial charge in [-0.2, -0.15) is 8.78 Å². The highest BCUT2D eigenvalue weighted by Gasteiger charge is 2.41. The van der Waals surface area contributed by atoms with E-state index in [-0.39, 0.29) is 5.92 Å². The molecule has 1 saturated heterocycles. The Morgan fingerprint density at radius 3 is 2.50 bits per heavy atom. The maximum absolute atomic E-state index is 13.0. The molecule has 1 aliphatic rings. The highest BCUT2D eigenvalue weighted by atomic mass is 19.3. The third-order valence-corrected chi connectivity index (χ3v) is 4.53. The van der Waals surface area contributed by atoms with Crippen LogP contribution in [-0.4, -0.2) is 30.9 Å². The lowest BCUT2D eigenvalue weighted by molar-refractivity contribution is -0.144. The molecule has 24 heavy (non-hydrogen) atoms. The fourth-order valence-corrected chi connectivity index (χ4v) is 3.45. The number of benzene rings is 2. The van der Waals surface area contributed by atoms with Crippen LogP contribution in [0.15, 0.2) is 54.6 Å². The average Bonchev–Trinajstić information content (AvgIpc) is 3.06. The number of rotatable bonds is 4. The second kappa shape index (κ2) is 6.99. The Kier molecular flexibility index (Phi) is 4.79. The molecule has 126 valence electrons. The molecule has 0 bridgehead atoms. The molecule has 0 radical (unpaired) electrons. The SMILES string of the molecule is COc1cccc([C@@H]2[C@@H](c3ccccc3)CCN2C(=O)C(F)F)c1. The fraction of sp³-hybridized carbons (Fsp3) is 0.316. The molecule has 0 aromatic heterocycles. The number of likely N-dealkylation sites (tertiary alicyclic amines) is 1. The summed E-state index contributed by atoms with van der Waals surface area (Å²) in [7, 11) is 1.56. The van der Waals surface area contributed by atoms with Gasteiger partial charge in [0.1, 0.15) is 5.75 Å². The number of alkyl halides is 2. The first kappa shape index (κ1) is 16.4. The molecule has 1 fully saturated rings. The van der Waals surface area contributed by atoms with Crippen LogP contribution in [0.1, 0.15) is 29.5 Å². The molecule has 2 atom stereocenters. The number of hydrogen-bond acceptors (Lipinski definition) is 2. The highest BCUT2D eigenvalue weighted by molar-refractivity contribution is 5.80. The van der Waals surface area contributed by atoms with Crippen molar-refractivity contribution in [3.63, 3.8) is 0 Å². The quantitative estimate of drug-likeness (QED) is 0.847. The van der Waals surface area contributed by atoms with E-state index in [2.05, 4.69) is 0 Å². The molecule has 0 saturated carbocycles. The molecule has 3 rings (SSSR count). The summed E-state index contributed by atoms with van der Waals surface area (Å²) in [6.07, 6.45) is -2.34. The minimum atomic E-state index is -2.99. The molecule has 0 spiro atoms. The van der Waals surface area contributed by atoms with Crippen LogP contribution in [-0.2, 0) is 4.79 Å². The van der Waals surface area contributed by atoms with Gasteiger partial charge in [0.2, 0.25) is 0 Å². The van der Waals surface area contributed by atoms with Gasteiger partial charge in [-0.05, 0) is 29.7 Å². The van der Waals surface area contributed by atoms with Crippen LogP contribution in [0.3, 0.4) is 0 Å². The Morgan fingerprint density at radius 2 is 1.83 bits per heavy atom. The molecule has 2 aromatic carbocycles. The minimum Gasteiger partial charge on any atom is -0.497 e. The summed E-state index contributed by atoms with van der Waals surface area (Å²) in [4.78, 5) is 13.3. The van der Waals surface area contributed by atoms with Gasteiger partial charge in [-0.15, -0.1) is 0 Å². The van der Waals surface area contributed by atoms with Gasteiger partial charge in [-0.1, -0.05) is 42.5 Å². The Bertz CT molecular complexity index is 706. The van der Waals surface area contributed by atoms with Gasteiger partial charge in [-0.3, -0.25) is 4.79 Å². The molecule has 1 heterocycles. The van der Waals surface area contributed by atoms with Crippen molar-refractivity contribution in [1.82, 2.24) is 4.90 Å². The predicted molar refractivity (Wildman–Crippen MR) is 87.3 cm³/mol. The molecular weight excluding hydrogens is 312 g/mol. The van der Waals surface area contributed by atoms with E-state index < -0.39 is 18.4 Å². The number of carbonyl (C=O) groups excluding carboxylic acids is 1. The summed E-state index contributed by atoms with van der Waals surface area (Å²) < 4.78 is 31.3. The Hall–Kier alpha value is -2.43. The monoisotopic (exact) mass is 331 g/mol. The summed E-state index contributed by atoms with van der Waals surface area (Å²) in [5.41, 5.74) is 1.87. The Balaban J connectivity index is 2.02. The van der Waals surface area contributed by atoms with Gasteiger partial charge in [-0.25, -0.2) is 0 Å². The van der Waals surface area contributed by atoms with Crippen LogP contribution >= 0.6 is 0 Å². The lowest BCUT2D eigenvalue weighted by Crippen LogP contribution is -2.36. The molecule has 0 aliphatic carbocycles. The van der Waals surface area contributed by atoms with Crippen LogP contribution in [0.25, 0.3) is 0 Å². The van der Waals surface area contributed by atoms with E-state index in [1.165, 1.54) is 4.90 Å². The van der Waals surface area contributed by atoms with Crippen molar-refractivity contribution >= 4 is 5.91 Å². The maximum Gasteiger partial charge on any atom is 0.315 e. The number of methoxy groups -OCH3 is 1. The molecule has 3 nitrogen and oxygen atoms in total. The summed E-state index contributed by atoms with van der Waals surface area (Å²) in [5.74, 6) is -0.474. The maximum atomic E-state index is 13.0. The van der Waals surface area contributed by atoms with Gasteiger partial charge in [0.15, 0.2) is 0 Å². The van der Waals surface area contributed by atoms with E-state index in [9.17, 15) is 13.6 Å².